The van der Waals surface area contributed by atoms with Crippen molar-refractivity contribution in [3.05, 3.63) is 82.9 Å². The second-order valence-electron chi connectivity index (χ2n) is 17.6. The Morgan fingerprint density at radius 1 is 0.984 bits per heavy atom. The first kappa shape index (κ1) is 44.4. The number of alkyl halides is 3. The van der Waals surface area contributed by atoms with Crippen LogP contribution >= 0.6 is 11.6 Å². The maximum Gasteiger partial charge on any atom is 0.417 e. The third kappa shape index (κ3) is 9.11. The number of rotatable bonds is 10. The first-order valence-corrected chi connectivity index (χ1v) is 21.2. The predicted octanol–water partition coefficient (Wildman–Crippen LogP) is 8.58. The smallest absolute Gasteiger partial charge is 0.417 e. The van der Waals surface area contributed by atoms with Gasteiger partial charge in [0.2, 0.25) is 11.8 Å². The molecule has 0 bridgehead atoms. The standard InChI is InChI=1S/C45H52ClF3N8O5/c1-24(2)38(54-43(61)62-7)42(60)55-16-8-9-36(55)39-51-21-35(52-39)28-12-10-27(11-13-28)30-17-33(46)34(18-31(30)45(47,48)49)53-40(58)29-14-15-37(50-20-29)56-22-26(4)57(23-25(56)3)41(59)32-19-44(32,5)6/h10-15,17-18,20-21,24-26,32,36,38H,8-9,16,19,22-23H2,1-7H3,(H,51,52)(H,53,58)(H,54,61)/t25-,26+,32-,36+,38+/m1/s1. The number of aromatic amines is 1. The number of methoxy groups -OCH3 is 1. The summed E-state index contributed by atoms with van der Waals surface area (Å²) < 4.78 is 48.6. The highest BCUT2D eigenvalue weighted by Crippen LogP contribution is 2.53. The number of likely N-dealkylation sites (tertiary alicyclic amines) is 1. The molecule has 2 saturated heterocycles. The molecule has 0 spiro atoms. The number of hydrogen-bond acceptors (Lipinski definition) is 8. The van der Waals surface area contributed by atoms with Gasteiger partial charge in [0.25, 0.3) is 5.91 Å². The highest BCUT2D eigenvalue weighted by Gasteiger charge is 2.53. The van der Waals surface area contributed by atoms with E-state index in [-0.39, 0.29) is 74.6 Å². The number of benzene rings is 2. The molecule has 17 heteroatoms. The molecule has 3 fully saturated rings. The van der Waals surface area contributed by atoms with Gasteiger partial charge >= 0.3 is 12.3 Å². The molecular weight excluding hydrogens is 825 g/mol. The van der Waals surface area contributed by atoms with Gasteiger partial charge in [-0.1, -0.05) is 63.6 Å². The number of carbonyl (C=O) groups excluding carboxylic acids is 4. The van der Waals surface area contributed by atoms with Crippen molar-refractivity contribution in [3.63, 3.8) is 0 Å². The van der Waals surface area contributed by atoms with Crippen LogP contribution in [0.5, 0.6) is 0 Å². The Morgan fingerprint density at radius 2 is 1.68 bits per heavy atom. The van der Waals surface area contributed by atoms with Gasteiger partial charge in [-0.15, -0.1) is 0 Å². The van der Waals surface area contributed by atoms with Gasteiger partial charge in [-0.2, -0.15) is 13.2 Å². The minimum Gasteiger partial charge on any atom is -0.453 e. The molecule has 2 aromatic carbocycles. The summed E-state index contributed by atoms with van der Waals surface area (Å²) in [6.45, 7) is 13.5. The summed E-state index contributed by atoms with van der Waals surface area (Å²) >= 11 is 6.56. The molecule has 5 atom stereocenters. The highest BCUT2D eigenvalue weighted by molar-refractivity contribution is 6.34. The summed E-state index contributed by atoms with van der Waals surface area (Å²) in [6, 6.07) is 10.5. The molecule has 2 aliphatic heterocycles. The van der Waals surface area contributed by atoms with E-state index in [0.29, 0.717) is 49.0 Å². The molecule has 4 aromatic rings. The van der Waals surface area contributed by atoms with Gasteiger partial charge < -0.3 is 35.1 Å². The van der Waals surface area contributed by atoms with Crippen LogP contribution in [0.4, 0.5) is 29.5 Å². The van der Waals surface area contributed by atoms with Crippen LogP contribution in [0.15, 0.2) is 60.9 Å². The second-order valence-corrected chi connectivity index (χ2v) is 18.0. The minimum absolute atomic E-state index is 0.0221. The molecule has 1 aliphatic carbocycles. The van der Waals surface area contributed by atoms with E-state index in [2.05, 4.69) is 39.3 Å². The quantitative estimate of drug-likeness (QED) is 0.143. The van der Waals surface area contributed by atoms with Crippen molar-refractivity contribution < 1.29 is 37.1 Å². The summed E-state index contributed by atoms with van der Waals surface area (Å²) in [4.78, 5) is 70.2. The number of halogens is 4. The third-order valence-electron chi connectivity index (χ3n) is 12.4. The fraction of sp³-hybridized carbons (Fsp3) is 0.467. The molecule has 3 N–H and O–H groups in total. The number of nitrogens with one attached hydrogen (secondary N) is 3. The molecule has 62 heavy (non-hydrogen) atoms. The maximum atomic E-state index is 14.6. The lowest BCUT2D eigenvalue weighted by Crippen LogP contribution is -2.59. The van der Waals surface area contributed by atoms with E-state index < -0.39 is 29.8 Å². The zero-order valence-corrected chi connectivity index (χ0v) is 36.5. The molecule has 4 heterocycles. The van der Waals surface area contributed by atoms with Crippen LogP contribution in [0.3, 0.4) is 0 Å². The molecular formula is C45H52ClF3N8O5. The van der Waals surface area contributed by atoms with Gasteiger partial charge in [0.05, 0.1) is 40.7 Å². The van der Waals surface area contributed by atoms with E-state index in [4.69, 9.17) is 21.3 Å². The number of aromatic nitrogens is 3. The average molecular weight is 877 g/mol. The largest absolute Gasteiger partial charge is 0.453 e. The number of imidazole rings is 1. The van der Waals surface area contributed by atoms with Gasteiger partial charge in [-0.25, -0.2) is 14.8 Å². The Hall–Kier alpha value is -5.64. The number of pyridine rings is 1. The lowest BCUT2D eigenvalue weighted by Gasteiger charge is -2.45. The Labute approximate surface area is 363 Å². The van der Waals surface area contributed by atoms with E-state index in [1.54, 1.807) is 47.5 Å². The van der Waals surface area contributed by atoms with E-state index in [1.165, 1.54) is 19.4 Å². The summed E-state index contributed by atoms with van der Waals surface area (Å²) in [5, 5.41) is 5.07. The van der Waals surface area contributed by atoms with Crippen molar-refractivity contribution in [2.45, 2.75) is 91.1 Å². The van der Waals surface area contributed by atoms with Gasteiger partial charge in [0, 0.05) is 55.6 Å². The van der Waals surface area contributed by atoms with Crippen molar-refractivity contribution >= 4 is 46.9 Å². The van der Waals surface area contributed by atoms with Crippen LogP contribution < -0.4 is 15.5 Å². The number of carbonyl (C=O) groups is 4. The van der Waals surface area contributed by atoms with Gasteiger partial charge in [0.1, 0.15) is 17.7 Å². The summed E-state index contributed by atoms with van der Waals surface area (Å²) in [5.74, 6) is 0.292. The average Bonchev–Trinajstić information content (AvgIpc) is 3.57. The molecule has 0 unspecified atom stereocenters. The Balaban J connectivity index is 1.03. The Morgan fingerprint density at radius 3 is 2.29 bits per heavy atom. The number of hydrogen-bond donors (Lipinski definition) is 3. The number of piperazine rings is 1. The van der Waals surface area contributed by atoms with Crippen LogP contribution in [0.1, 0.15) is 88.6 Å². The molecule has 3 aliphatic rings. The number of amides is 4. The van der Waals surface area contributed by atoms with Crippen LogP contribution in [-0.4, -0.2) is 93.4 Å². The summed E-state index contributed by atoms with van der Waals surface area (Å²) in [7, 11) is 1.24. The monoisotopic (exact) mass is 876 g/mol. The maximum absolute atomic E-state index is 14.6. The summed E-state index contributed by atoms with van der Waals surface area (Å²) in [5.41, 5.74) is 0.200. The van der Waals surface area contributed by atoms with Crippen molar-refractivity contribution in [1.29, 1.82) is 0 Å². The van der Waals surface area contributed by atoms with Crippen molar-refractivity contribution in [2.75, 3.05) is 37.0 Å². The van der Waals surface area contributed by atoms with Crippen LogP contribution in [0, 0.1) is 17.3 Å². The van der Waals surface area contributed by atoms with Crippen LogP contribution in [0.2, 0.25) is 5.02 Å². The van der Waals surface area contributed by atoms with E-state index >= 15 is 0 Å². The SMILES string of the molecule is COC(=O)N[C@H](C(=O)N1CCC[C@H]1c1nc(-c2ccc(-c3cc(Cl)c(NC(=O)c4ccc(N5C[C@H](C)N(C(=O)[C@H]6CC6(C)C)C[C@H]5C)nc4)cc3C(F)(F)F)cc2)c[nH]1)C(C)C. The van der Waals surface area contributed by atoms with Gasteiger partial charge in [-0.05, 0) is 79.8 Å². The molecule has 13 nitrogen and oxygen atoms in total. The zero-order valence-electron chi connectivity index (χ0n) is 35.8. The number of H-pyrrole nitrogens is 1. The number of anilines is 2. The minimum atomic E-state index is -4.79. The van der Waals surface area contributed by atoms with Gasteiger partial charge in [0.15, 0.2) is 0 Å². The number of ether oxygens (including phenoxy) is 1. The second kappa shape index (κ2) is 17.3. The lowest BCUT2D eigenvalue weighted by atomic mass is 9.97. The lowest BCUT2D eigenvalue weighted by molar-refractivity contribution is -0.137. The van der Waals surface area contributed by atoms with Crippen LogP contribution in [-0.2, 0) is 20.5 Å². The van der Waals surface area contributed by atoms with Crippen molar-refractivity contribution in [3.8, 4) is 22.4 Å². The van der Waals surface area contributed by atoms with E-state index in [0.717, 1.165) is 18.9 Å². The van der Waals surface area contributed by atoms with E-state index in [9.17, 15) is 32.3 Å². The van der Waals surface area contributed by atoms with Crippen LogP contribution in [0.25, 0.3) is 22.4 Å². The normalized spacial score (nSPS) is 21.5. The van der Waals surface area contributed by atoms with E-state index in [1.807, 2.05) is 32.6 Å². The molecule has 330 valence electrons. The molecule has 4 amide bonds. The number of nitrogens with zero attached hydrogens (tertiary/aromatic N) is 5. The predicted molar refractivity (Wildman–Crippen MR) is 229 cm³/mol. The molecule has 1 saturated carbocycles. The molecule has 7 rings (SSSR count). The Kier molecular flexibility index (Phi) is 12.4. The zero-order chi connectivity index (χ0) is 44.8. The fourth-order valence-electron chi connectivity index (χ4n) is 8.54. The Bertz CT molecular complexity index is 2330. The number of alkyl carbamates (subject to hydrolysis) is 1. The summed E-state index contributed by atoms with van der Waals surface area (Å²) in [6.07, 6.45) is -0.148. The third-order valence-corrected chi connectivity index (χ3v) is 12.7. The fourth-order valence-corrected chi connectivity index (χ4v) is 8.75. The highest BCUT2D eigenvalue weighted by atomic mass is 35.5. The first-order valence-electron chi connectivity index (χ1n) is 20.8. The van der Waals surface area contributed by atoms with Crippen molar-refractivity contribution in [2.24, 2.45) is 17.3 Å². The van der Waals surface area contributed by atoms with Gasteiger partial charge in [-0.3, -0.25) is 14.4 Å². The first-order chi connectivity index (χ1) is 29.3. The van der Waals surface area contributed by atoms with Crippen molar-refractivity contribution in [1.82, 2.24) is 30.1 Å². The molecule has 0 radical (unpaired) electrons. The molecule has 2 aromatic heterocycles. The topological polar surface area (TPSA) is 153 Å².